The van der Waals surface area contributed by atoms with Gasteiger partial charge < -0.3 is 16.6 Å². The first-order chi connectivity index (χ1) is 5.65. The Morgan fingerprint density at radius 2 is 2.17 bits per heavy atom. The topological polar surface area (TPSA) is 72.3 Å². The zero-order valence-electron chi connectivity index (χ0n) is 6.70. The SMILES string of the molecule is C=C[C@H](N)c1cc(N)ccc1O. The van der Waals surface area contributed by atoms with Crippen LogP contribution in [0.2, 0.25) is 0 Å². The van der Waals surface area contributed by atoms with Crippen molar-refractivity contribution < 1.29 is 5.11 Å². The van der Waals surface area contributed by atoms with Crippen molar-refractivity contribution in [2.75, 3.05) is 5.73 Å². The fourth-order valence-corrected chi connectivity index (χ4v) is 0.967. The molecule has 0 aliphatic heterocycles. The largest absolute Gasteiger partial charge is 0.508 e. The van der Waals surface area contributed by atoms with Gasteiger partial charge in [0.25, 0.3) is 0 Å². The van der Waals surface area contributed by atoms with E-state index in [1.807, 2.05) is 0 Å². The molecule has 12 heavy (non-hydrogen) atoms. The molecule has 0 aliphatic carbocycles. The van der Waals surface area contributed by atoms with Crippen molar-refractivity contribution in [3.63, 3.8) is 0 Å². The first kappa shape index (κ1) is 8.62. The van der Waals surface area contributed by atoms with E-state index in [0.717, 1.165) is 0 Å². The van der Waals surface area contributed by atoms with E-state index in [2.05, 4.69) is 6.58 Å². The Hall–Kier alpha value is -1.48. The highest BCUT2D eigenvalue weighted by atomic mass is 16.3. The summed E-state index contributed by atoms with van der Waals surface area (Å²) in [6.45, 7) is 3.53. The maximum Gasteiger partial charge on any atom is 0.120 e. The molecule has 1 aromatic rings. The van der Waals surface area contributed by atoms with Crippen LogP contribution in [-0.4, -0.2) is 5.11 Å². The van der Waals surface area contributed by atoms with Crippen LogP contribution >= 0.6 is 0 Å². The first-order valence-electron chi connectivity index (χ1n) is 3.61. The van der Waals surface area contributed by atoms with Gasteiger partial charge >= 0.3 is 0 Å². The lowest BCUT2D eigenvalue weighted by Gasteiger charge is -2.09. The van der Waals surface area contributed by atoms with Gasteiger partial charge in [-0.2, -0.15) is 0 Å². The van der Waals surface area contributed by atoms with Gasteiger partial charge in [-0.3, -0.25) is 0 Å². The highest BCUT2D eigenvalue weighted by molar-refractivity contribution is 5.49. The predicted octanol–water partition coefficient (Wildman–Crippen LogP) is 1.16. The normalized spacial score (nSPS) is 12.4. The van der Waals surface area contributed by atoms with E-state index < -0.39 is 0 Å². The lowest BCUT2D eigenvalue weighted by molar-refractivity contribution is 0.466. The van der Waals surface area contributed by atoms with Crippen molar-refractivity contribution in [2.45, 2.75) is 6.04 Å². The zero-order chi connectivity index (χ0) is 9.14. The van der Waals surface area contributed by atoms with Crippen molar-refractivity contribution in [1.29, 1.82) is 0 Å². The Labute approximate surface area is 71.3 Å². The average molecular weight is 164 g/mol. The smallest absolute Gasteiger partial charge is 0.120 e. The number of nitrogen functional groups attached to an aromatic ring is 1. The van der Waals surface area contributed by atoms with Crippen LogP contribution in [0.25, 0.3) is 0 Å². The van der Waals surface area contributed by atoms with E-state index in [1.165, 1.54) is 6.07 Å². The molecule has 0 bridgehead atoms. The summed E-state index contributed by atoms with van der Waals surface area (Å²) < 4.78 is 0. The maximum absolute atomic E-state index is 9.35. The molecule has 0 saturated heterocycles. The third kappa shape index (κ3) is 1.57. The van der Waals surface area contributed by atoms with Crippen LogP contribution in [0.5, 0.6) is 5.75 Å². The number of benzene rings is 1. The molecule has 0 aromatic heterocycles. The summed E-state index contributed by atoms with van der Waals surface area (Å²) in [5, 5.41) is 9.35. The Bertz CT molecular complexity index is 297. The molecule has 0 fully saturated rings. The van der Waals surface area contributed by atoms with Crippen molar-refractivity contribution in [3.8, 4) is 5.75 Å². The monoisotopic (exact) mass is 164 g/mol. The zero-order valence-corrected chi connectivity index (χ0v) is 6.70. The van der Waals surface area contributed by atoms with Crippen LogP contribution in [0.1, 0.15) is 11.6 Å². The summed E-state index contributed by atoms with van der Waals surface area (Å²) in [4.78, 5) is 0. The molecular formula is C9H12N2O. The average Bonchev–Trinajstić information content (AvgIpc) is 2.08. The second-order valence-corrected chi connectivity index (χ2v) is 2.58. The minimum Gasteiger partial charge on any atom is -0.508 e. The van der Waals surface area contributed by atoms with E-state index in [1.54, 1.807) is 18.2 Å². The molecule has 3 nitrogen and oxygen atoms in total. The summed E-state index contributed by atoms with van der Waals surface area (Å²) in [6.07, 6.45) is 1.55. The summed E-state index contributed by atoms with van der Waals surface area (Å²) >= 11 is 0. The standard InChI is InChI=1S/C9H12N2O/c1-2-8(11)7-5-6(10)3-4-9(7)12/h2-5,8,12H,1,10-11H2/t8-/m0/s1. The van der Waals surface area contributed by atoms with Crippen molar-refractivity contribution in [2.24, 2.45) is 5.73 Å². The lowest BCUT2D eigenvalue weighted by Crippen LogP contribution is -2.07. The van der Waals surface area contributed by atoms with Gasteiger partial charge in [0.15, 0.2) is 0 Å². The number of hydrogen-bond acceptors (Lipinski definition) is 3. The van der Waals surface area contributed by atoms with E-state index in [9.17, 15) is 5.11 Å². The van der Waals surface area contributed by atoms with E-state index >= 15 is 0 Å². The van der Waals surface area contributed by atoms with Gasteiger partial charge in [0.2, 0.25) is 0 Å². The van der Waals surface area contributed by atoms with E-state index in [-0.39, 0.29) is 11.8 Å². The molecule has 1 atom stereocenters. The molecule has 1 aromatic carbocycles. The molecule has 3 heteroatoms. The second-order valence-electron chi connectivity index (χ2n) is 2.58. The predicted molar refractivity (Wildman–Crippen MR) is 49.6 cm³/mol. The molecule has 0 saturated carbocycles. The van der Waals surface area contributed by atoms with Crippen molar-refractivity contribution in [3.05, 3.63) is 36.4 Å². The van der Waals surface area contributed by atoms with Crippen molar-refractivity contribution in [1.82, 2.24) is 0 Å². The van der Waals surface area contributed by atoms with Crippen LogP contribution in [0.4, 0.5) is 5.69 Å². The van der Waals surface area contributed by atoms with Gasteiger partial charge in [0.05, 0.1) is 6.04 Å². The Morgan fingerprint density at radius 3 is 2.75 bits per heavy atom. The van der Waals surface area contributed by atoms with Crippen LogP contribution in [-0.2, 0) is 0 Å². The molecule has 64 valence electrons. The van der Waals surface area contributed by atoms with Gasteiger partial charge in [-0.25, -0.2) is 0 Å². The van der Waals surface area contributed by atoms with E-state index in [0.29, 0.717) is 11.3 Å². The molecule has 0 unspecified atom stereocenters. The number of rotatable bonds is 2. The minimum atomic E-state index is -0.367. The lowest BCUT2D eigenvalue weighted by atomic mass is 10.1. The summed E-state index contributed by atoms with van der Waals surface area (Å²) in [5.41, 5.74) is 12.3. The highest BCUT2D eigenvalue weighted by Gasteiger charge is 2.06. The Balaban J connectivity index is 3.12. The number of anilines is 1. The second kappa shape index (κ2) is 3.28. The number of phenols is 1. The van der Waals surface area contributed by atoms with Crippen molar-refractivity contribution >= 4 is 5.69 Å². The van der Waals surface area contributed by atoms with Gasteiger partial charge in [0, 0.05) is 11.3 Å². The molecule has 0 heterocycles. The van der Waals surface area contributed by atoms with Gasteiger partial charge in [-0.15, -0.1) is 6.58 Å². The van der Waals surface area contributed by atoms with Gasteiger partial charge in [-0.05, 0) is 18.2 Å². The number of hydrogen-bond donors (Lipinski definition) is 3. The quantitative estimate of drug-likeness (QED) is 0.349. The summed E-state index contributed by atoms with van der Waals surface area (Å²) in [7, 11) is 0. The van der Waals surface area contributed by atoms with Crippen LogP contribution in [0, 0.1) is 0 Å². The fourth-order valence-electron chi connectivity index (χ4n) is 0.967. The van der Waals surface area contributed by atoms with Gasteiger partial charge in [-0.1, -0.05) is 6.08 Å². The molecule has 5 N–H and O–H groups in total. The van der Waals surface area contributed by atoms with Gasteiger partial charge in [0.1, 0.15) is 5.75 Å². The van der Waals surface area contributed by atoms with Crippen LogP contribution in [0.3, 0.4) is 0 Å². The minimum absolute atomic E-state index is 0.150. The molecule has 0 amide bonds. The summed E-state index contributed by atoms with van der Waals surface area (Å²) in [6, 6.07) is 4.41. The number of nitrogens with two attached hydrogens (primary N) is 2. The number of phenolic OH excluding ortho intramolecular Hbond substituents is 1. The fraction of sp³-hybridized carbons (Fsp3) is 0.111. The molecule has 0 aliphatic rings. The molecular weight excluding hydrogens is 152 g/mol. The molecule has 0 radical (unpaired) electrons. The maximum atomic E-state index is 9.35. The molecule has 0 spiro atoms. The van der Waals surface area contributed by atoms with E-state index in [4.69, 9.17) is 11.5 Å². The van der Waals surface area contributed by atoms with Crippen LogP contribution in [0.15, 0.2) is 30.9 Å². The third-order valence-corrected chi connectivity index (χ3v) is 1.66. The number of aromatic hydroxyl groups is 1. The third-order valence-electron chi connectivity index (χ3n) is 1.66. The Morgan fingerprint density at radius 1 is 1.50 bits per heavy atom. The molecule has 1 rings (SSSR count). The van der Waals surface area contributed by atoms with Crippen LogP contribution < -0.4 is 11.5 Å². The first-order valence-corrected chi connectivity index (χ1v) is 3.61. The highest BCUT2D eigenvalue weighted by Crippen LogP contribution is 2.25. The Kier molecular flexibility index (Phi) is 2.35. The summed E-state index contributed by atoms with van der Waals surface area (Å²) in [5.74, 6) is 0.150.